The Morgan fingerprint density at radius 3 is 2.54 bits per heavy atom. The molecule has 0 amide bonds. The first-order chi connectivity index (χ1) is 11.2. The summed E-state index contributed by atoms with van der Waals surface area (Å²) in [7, 11) is 0. The van der Waals surface area contributed by atoms with Crippen LogP contribution in [0.5, 0.6) is 0 Å². The molecule has 1 aliphatic carbocycles. The molecule has 4 nitrogen and oxygen atoms in total. The second kappa shape index (κ2) is 7.49. The number of aliphatic hydroxyl groups excluding tert-OH is 1. The lowest BCUT2D eigenvalue weighted by molar-refractivity contribution is -0.151. The van der Waals surface area contributed by atoms with Gasteiger partial charge in [-0.15, -0.1) is 0 Å². The summed E-state index contributed by atoms with van der Waals surface area (Å²) in [6.45, 7) is 11.7. The molecular formula is C20H28O4. The fraction of sp³-hybridized carbons (Fsp3) is 0.550. The third-order valence-electron chi connectivity index (χ3n) is 4.75. The number of allylic oxidation sites excluding steroid dienone is 2. The molecular weight excluding hydrogens is 304 g/mol. The fourth-order valence-corrected chi connectivity index (χ4v) is 3.30. The van der Waals surface area contributed by atoms with Gasteiger partial charge in [-0.05, 0) is 50.7 Å². The van der Waals surface area contributed by atoms with Gasteiger partial charge in [0.1, 0.15) is 6.61 Å². The number of carbonyl (C=O) groups is 1. The number of hydrogen-bond donors (Lipinski definition) is 2. The van der Waals surface area contributed by atoms with Gasteiger partial charge < -0.3 is 14.9 Å². The number of rotatable bonds is 2. The quantitative estimate of drug-likeness (QED) is 0.602. The molecule has 0 spiro atoms. The van der Waals surface area contributed by atoms with Crippen LogP contribution in [0.15, 0.2) is 48.1 Å². The molecule has 2 rings (SSSR count). The maximum absolute atomic E-state index is 12.3. The molecule has 0 radical (unpaired) electrons. The van der Waals surface area contributed by atoms with Crippen LogP contribution in [0.1, 0.15) is 39.5 Å². The molecule has 0 unspecified atom stereocenters. The number of cyclic esters (lactones) is 1. The van der Waals surface area contributed by atoms with Gasteiger partial charge in [0.2, 0.25) is 0 Å². The summed E-state index contributed by atoms with van der Waals surface area (Å²) < 4.78 is 5.35. The third-order valence-corrected chi connectivity index (χ3v) is 4.75. The molecule has 2 aliphatic rings. The van der Waals surface area contributed by atoms with E-state index in [0.29, 0.717) is 19.3 Å². The molecule has 4 heteroatoms. The minimum atomic E-state index is -0.887. The largest absolute Gasteiger partial charge is 0.461 e. The lowest BCUT2D eigenvalue weighted by atomic mass is 9.76. The summed E-state index contributed by atoms with van der Waals surface area (Å²) in [5.41, 5.74) is 1.76. The molecule has 1 saturated carbocycles. The van der Waals surface area contributed by atoms with Gasteiger partial charge in [-0.3, -0.25) is 4.79 Å². The second-order valence-corrected chi connectivity index (χ2v) is 7.36. The van der Waals surface area contributed by atoms with Crippen molar-refractivity contribution in [2.45, 2.75) is 51.2 Å². The third kappa shape index (κ3) is 4.68. The first-order valence-electron chi connectivity index (χ1n) is 8.50. The van der Waals surface area contributed by atoms with Gasteiger partial charge in [-0.2, -0.15) is 0 Å². The molecule has 0 aromatic heterocycles. The van der Waals surface area contributed by atoms with Crippen LogP contribution in [0.2, 0.25) is 0 Å². The number of esters is 1. The van der Waals surface area contributed by atoms with Gasteiger partial charge in [0.25, 0.3) is 0 Å². The van der Waals surface area contributed by atoms with Crippen LogP contribution in [-0.2, 0) is 9.53 Å². The zero-order chi connectivity index (χ0) is 17.9. The average Bonchev–Trinajstić information content (AvgIpc) is 2.54. The maximum atomic E-state index is 12.3. The van der Waals surface area contributed by atoms with Crippen LogP contribution < -0.4 is 0 Å². The molecule has 1 heterocycles. The summed E-state index contributed by atoms with van der Waals surface area (Å²) in [5.74, 6) is -0.582. The highest BCUT2D eigenvalue weighted by Crippen LogP contribution is 2.39. The topological polar surface area (TPSA) is 66.8 Å². The highest BCUT2D eigenvalue weighted by atomic mass is 16.5. The predicted molar refractivity (Wildman–Crippen MR) is 94.2 cm³/mol. The molecule has 24 heavy (non-hydrogen) atoms. The molecule has 1 saturated heterocycles. The van der Waals surface area contributed by atoms with Gasteiger partial charge in [0.15, 0.2) is 0 Å². The van der Waals surface area contributed by atoms with E-state index in [4.69, 9.17) is 4.74 Å². The molecule has 0 aromatic carbocycles. The van der Waals surface area contributed by atoms with E-state index >= 15 is 0 Å². The molecule has 3 atom stereocenters. The normalized spacial score (nSPS) is 31.4. The number of aliphatic hydroxyl groups is 2. The van der Waals surface area contributed by atoms with Gasteiger partial charge in [0, 0.05) is 5.92 Å². The van der Waals surface area contributed by atoms with Crippen molar-refractivity contribution in [1.82, 2.24) is 0 Å². The minimum Gasteiger partial charge on any atom is -0.461 e. The predicted octanol–water partition coefficient (Wildman–Crippen LogP) is 3.08. The lowest BCUT2D eigenvalue weighted by Gasteiger charge is -2.33. The zero-order valence-corrected chi connectivity index (χ0v) is 14.6. The number of ether oxygens (including phenoxy) is 1. The van der Waals surface area contributed by atoms with E-state index < -0.39 is 11.7 Å². The second-order valence-electron chi connectivity index (χ2n) is 7.36. The van der Waals surface area contributed by atoms with Crippen molar-refractivity contribution in [3.8, 4) is 0 Å². The Bertz CT molecular complexity index is 577. The van der Waals surface area contributed by atoms with Crippen LogP contribution in [-0.4, -0.2) is 34.5 Å². The highest BCUT2D eigenvalue weighted by molar-refractivity contribution is 5.78. The van der Waals surface area contributed by atoms with Crippen LogP contribution in [0.25, 0.3) is 0 Å². The summed E-state index contributed by atoms with van der Waals surface area (Å²) in [5, 5.41) is 19.9. The zero-order valence-electron chi connectivity index (χ0n) is 14.6. The molecule has 0 bridgehead atoms. The van der Waals surface area contributed by atoms with Crippen molar-refractivity contribution in [2.24, 2.45) is 11.8 Å². The van der Waals surface area contributed by atoms with E-state index in [9.17, 15) is 15.0 Å². The molecule has 132 valence electrons. The Labute approximate surface area is 144 Å². The highest BCUT2D eigenvalue weighted by Gasteiger charge is 2.39. The molecule has 2 N–H and O–H groups in total. The van der Waals surface area contributed by atoms with Crippen molar-refractivity contribution >= 4 is 5.97 Å². The molecule has 2 fully saturated rings. The standard InChI is InChI=1S/C20H28O4/c1-13-7-9-16-15(6-5-11-20(3,4)23)12-24-19(22)18(16)14(2)8-10-17(13)21/h5-6,11,16-18,21,23H,1-2,7-10,12H2,3-4H3/b11-5+,15-6-/t16-,17+,18+/m1/s1. The molecule has 0 aromatic rings. The molecule has 1 aliphatic heterocycles. The first-order valence-corrected chi connectivity index (χ1v) is 8.50. The van der Waals surface area contributed by atoms with Crippen LogP contribution in [0.4, 0.5) is 0 Å². The Kier molecular flexibility index (Phi) is 5.83. The minimum absolute atomic E-state index is 0.00672. The Balaban J connectivity index is 2.30. The van der Waals surface area contributed by atoms with Gasteiger partial charge in [-0.25, -0.2) is 0 Å². The fourth-order valence-electron chi connectivity index (χ4n) is 3.30. The summed E-state index contributed by atoms with van der Waals surface area (Å²) in [6.07, 6.45) is 7.44. The van der Waals surface area contributed by atoms with Crippen molar-refractivity contribution < 1.29 is 19.7 Å². The van der Waals surface area contributed by atoms with Crippen LogP contribution in [0, 0.1) is 11.8 Å². The van der Waals surface area contributed by atoms with Crippen molar-refractivity contribution in [3.63, 3.8) is 0 Å². The summed E-state index contributed by atoms with van der Waals surface area (Å²) >= 11 is 0. The summed E-state index contributed by atoms with van der Waals surface area (Å²) in [6, 6.07) is 0. The van der Waals surface area contributed by atoms with E-state index in [0.717, 1.165) is 23.1 Å². The van der Waals surface area contributed by atoms with E-state index in [2.05, 4.69) is 13.2 Å². The van der Waals surface area contributed by atoms with Gasteiger partial charge in [-0.1, -0.05) is 37.0 Å². The van der Waals surface area contributed by atoms with Gasteiger partial charge in [0.05, 0.1) is 17.6 Å². The Morgan fingerprint density at radius 2 is 1.88 bits per heavy atom. The summed E-state index contributed by atoms with van der Waals surface area (Å²) in [4.78, 5) is 12.3. The van der Waals surface area contributed by atoms with Crippen LogP contribution >= 0.6 is 0 Å². The van der Waals surface area contributed by atoms with Crippen molar-refractivity contribution in [2.75, 3.05) is 6.61 Å². The smallest absolute Gasteiger partial charge is 0.313 e. The maximum Gasteiger partial charge on any atom is 0.313 e. The number of hydrogen-bond acceptors (Lipinski definition) is 4. The number of carbonyl (C=O) groups excluding carboxylic acids is 1. The Hall–Kier alpha value is -1.65. The number of fused-ring (bicyclic) bond motifs is 1. The Morgan fingerprint density at radius 1 is 1.21 bits per heavy atom. The monoisotopic (exact) mass is 332 g/mol. The SMILES string of the molecule is C=C1CC[C@H](O)C(=C)CC[C@@H]2/C(=C\C=C\C(C)(C)O)COC(=O)[C@@H]12. The van der Waals surface area contributed by atoms with Crippen molar-refractivity contribution in [1.29, 1.82) is 0 Å². The van der Waals surface area contributed by atoms with Gasteiger partial charge >= 0.3 is 5.97 Å². The lowest BCUT2D eigenvalue weighted by Crippen LogP contribution is -2.35. The average molecular weight is 332 g/mol. The van der Waals surface area contributed by atoms with E-state index in [-0.39, 0.29) is 24.4 Å². The van der Waals surface area contributed by atoms with E-state index in [1.165, 1.54) is 0 Å². The van der Waals surface area contributed by atoms with Crippen molar-refractivity contribution in [3.05, 3.63) is 48.1 Å². The van der Waals surface area contributed by atoms with Crippen LogP contribution in [0.3, 0.4) is 0 Å². The van der Waals surface area contributed by atoms with E-state index in [1.54, 1.807) is 19.9 Å². The first kappa shape index (κ1) is 18.7. The van der Waals surface area contributed by atoms with E-state index in [1.807, 2.05) is 12.2 Å².